The van der Waals surface area contributed by atoms with Crippen molar-refractivity contribution in [3.63, 3.8) is 0 Å². The molecule has 4 heteroatoms. The molecule has 2 N–H and O–H groups in total. The molecular weight excluding hydrogens is 278 g/mol. The molecule has 0 amide bonds. The van der Waals surface area contributed by atoms with Crippen molar-refractivity contribution in [3.05, 3.63) is 59.7 Å². The van der Waals surface area contributed by atoms with Crippen LogP contribution in [-0.2, 0) is 0 Å². The summed E-state index contributed by atoms with van der Waals surface area (Å²) in [5.41, 5.74) is 1.94. The van der Waals surface area contributed by atoms with Gasteiger partial charge in [0.2, 0.25) is 0 Å². The molecule has 0 aliphatic carbocycles. The van der Waals surface area contributed by atoms with Crippen LogP contribution in [0.5, 0.6) is 11.5 Å². The largest absolute Gasteiger partial charge is 0.497 e. The summed E-state index contributed by atoms with van der Waals surface area (Å²) in [6.07, 6.45) is -0.567. The molecule has 0 radical (unpaired) electrons. The van der Waals surface area contributed by atoms with Crippen LogP contribution in [0, 0.1) is 0 Å². The molecule has 0 aliphatic rings. The van der Waals surface area contributed by atoms with Crippen molar-refractivity contribution in [1.29, 1.82) is 0 Å². The van der Waals surface area contributed by atoms with E-state index in [-0.39, 0.29) is 6.04 Å². The van der Waals surface area contributed by atoms with Gasteiger partial charge in [-0.3, -0.25) is 0 Å². The van der Waals surface area contributed by atoms with Gasteiger partial charge in [-0.05, 0) is 30.7 Å². The number of methoxy groups -OCH3 is 2. The van der Waals surface area contributed by atoms with Gasteiger partial charge in [-0.1, -0.05) is 30.3 Å². The maximum absolute atomic E-state index is 10.3. The summed E-state index contributed by atoms with van der Waals surface area (Å²) < 4.78 is 10.5. The minimum atomic E-state index is -0.567. The van der Waals surface area contributed by atoms with Gasteiger partial charge < -0.3 is 19.9 Å². The second-order valence-electron chi connectivity index (χ2n) is 5.16. The van der Waals surface area contributed by atoms with Crippen LogP contribution in [-0.4, -0.2) is 25.9 Å². The highest BCUT2D eigenvalue weighted by Crippen LogP contribution is 2.25. The number of nitrogens with one attached hydrogen (secondary N) is 1. The van der Waals surface area contributed by atoms with E-state index in [0.717, 1.165) is 22.6 Å². The fourth-order valence-electron chi connectivity index (χ4n) is 2.37. The van der Waals surface area contributed by atoms with Gasteiger partial charge in [0.25, 0.3) is 0 Å². The second kappa shape index (κ2) is 7.82. The van der Waals surface area contributed by atoms with Crippen molar-refractivity contribution in [1.82, 2.24) is 5.32 Å². The van der Waals surface area contributed by atoms with Gasteiger partial charge in [-0.15, -0.1) is 0 Å². The molecule has 0 spiro atoms. The number of ether oxygens (including phenoxy) is 2. The summed E-state index contributed by atoms with van der Waals surface area (Å²) in [5, 5.41) is 13.6. The Morgan fingerprint density at radius 1 is 1.00 bits per heavy atom. The van der Waals surface area contributed by atoms with Crippen molar-refractivity contribution >= 4 is 0 Å². The number of rotatable bonds is 7. The van der Waals surface area contributed by atoms with E-state index < -0.39 is 6.10 Å². The fourth-order valence-corrected chi connectivity index (χ4v) is 2.37. The normalized spacial score (nSPS) is 13.5. The van der Waals surface area contributed by atoms with Gasteiger partial charge in [0.15, 0.2) is 0 Å². The summed E-state index contributed by atoms with van der Waals surface area (Å²) in [6.45, 7) is 2.52. The van der Waals surface area contributed by atoms with Crippen molar-refractivity contribution in [3.8, 4) is 11.5 Å². The zero-order valence-electron chi connectivity index (χ0n) is 13.2. The third-order valence-corrected chi connectivity index (χ3v) is 3.72. The third-order valence-electron chi connectivity index (χ3n) is 3.72. The fraction of sp³-hybridized carbons (Fsp3) is 0.333. The maximum Gasteiger partial charge on any atom is 0.123 e. The van der Waals surface area contributed by atoms with Gasteiger partial charge >= 0.3 is 0 Å². The monoisotopic (exact) mass is 301 g/mol. The standard InChI is InChI=1S/C18H23NO3/c1-13(16-6-4-5-7-18(16)22-3)19-12-17(20)14-8-10-15(21-2)11-9-14/h4-11,13,17,19-20H,12H2,1-3H3. The van der Waals surface area contributed by atoms with Crippen LogP contribution < -0.4 is 14.8 Å². The lowest BCUT2D eigenvalue weighted by Crippen LogP contribution is -2.25. The lowest BCUT2D eigenvalue weighted by molar-refractivity contribution is 0.170. The first kappa shape index (κ1) is 16.3. The predicted molar refractivity (Wildman–Crippen MR) is 87.4 cm³/mol. The molecule has 0 heterocycles. The molecule has 0 fully saturated rings. The van der Waals surface area contributed by atoms with E-state index in [1.807, 2.05) is 48.5 Å². The molecule has 0 bridgehead atoms. The highest BCUT2D eigenvalue weighted by molar-refractivity contribution is 5.35. The first-order valence-electron chi connectivity index (χ1n) is 7.34. The minimum absolute atomic E-state index is 0.0871. The summed E-state index contributed by atoms with van der Waals surface area (Å²) in [6, 6.07) is 15.4. The molecule has 118 valence electrons. The Kier molecular flexibility index (Phi) is 5.81. The smallest absolute Gasteiger partial charge is 0.123 e. The molecule has 0 saturated heterocycles. The van der Waals surface area contributed by atoms with E-state index in [4.69, 9.17) is 9.47 Å². The maximum atomic E-state index is 10.3. The predicted octanol–water partition coefficient (Wildman–Crippen LogP) is 3.09. The molecule has 2 rings (SSSR count). The van der Waals surface area contributed by atoms with Crippen LogP contribution in [0.3, 0.4) is 0 Å². The Bertz CT molecular complexity index is 583. The Labute approximate surface area is 131 Å². The van der Waals surface area contributed by atoms with E-state index in [1.165, 1.54) is 0 Å². The molecule has 0 aromatic heterocycles. The Hall–Kier alpha value is -2.04. The lowest BCUT2D eigenvalue weighted by atomic mass is 10.1. The summed E-state index contributed by atoms with van der Waals surface area (Å²) in [7, 11) is 3.29. The van der Waals surface area contributed by atoms with Crippen LogP contribution in [0.25, 0.3) is 0 Å². The topological polar surface area (TPSA) is 50.7 Å². The van der Waals surface area contributed by atoms with E-state index in [2.05, 4.69) is 12.2 Å². The number of aliphatic hydroxyl groups excluding tert-OH is 1. The highest BCUT2D eigenvalue weighted by Gasteiger charge is 2.13. The minimum Gasteiger partial charge on any atom is -0.497 e. The quantitative estimate of drug-likeness (QED) is 0.825. The molecular formula is C18H23NO3. The molecule has 4 nitrogen and oxygen atoms in total. The Balaban J connectivity index is 1.96. The molecule has 2 atom stereocenters. The first-order chi connectivity index (χ1) is 10.7. The molecule has 2 unspecified atom stereocenters. The number of para-hydroxylation sites is 1. The van der Waals surface area contributed by atoms with E-state index in [0.29, 0.717) is 6.54 Å². The average Bonchev–Trinajstić information content (AvgIpc) is 2.59. The van der Waals surface area contributed by atoms with Crippen molar-refractivity contribution in [2.75, 3.05) is 20.8 Å². The van der Waals surface area contributed by atoms with Crippen molar-refractivity contribution in [2.24, 2.45) is 0 Å². The zero-order chi connectivity index (χ0) is 15.9. The molecule has 0 aliphatic heterocycles. The molecule has 2 aromatic carbocycles. The number of benzene rings is 2. The summed E-state index contributed by atoms with van der Waals surface area (Å²) in [4.78, 5) is 0. The average molecular weight is 301 g/mol. The number of hydrogen-bond donors (Lipinski definition) is 2. The zero-order valence-corrected chi connectivity index (χ0v) is 13.2. The van der Waals surface area contributed by atoms with Gasteiger partial charge in [0, 0.05) is 18.2 Å². The second-order valence-corrected chi connectivity index (χ2v) is 5.16. The van der Waals surface area contributed by atoms with Crippen molar-refractivity contribution in [2.45, 2.75) is 19.1 Å². The molecule has 0 saturated carbocycles. The first-order valence-corrected chi connectivity index (χ1v) is 7.34. The van der Waals surface area contributed by atoms with Crippen LogP contribution in [0.4, 0.5) is 0 Å². The van der Waals surface area contributed by atoms with Crippen LogP contribution >= 0.6 is 0 Å². The van der Waals surface area contributed by atoms with Gasteiger partial charge in [-0.2, -0.15) is 0 Å². The van der Waals surface area contributed by atoms with E-state index in [1.54, 1.807) is 14.2 Å². The number of hydrogen-bond acceptors (Lipinski definition) is 4. The SMILES string of the molecule is COc1ccc(C(O)CNC(C)c2ccccc2OC)cc1. The van der Waals surface area contributed by atoms with Crippen molar-refractivity contribution < 1.29 is 14.6 Å². The third kappa shape index (κ3) is 4.00. The Morgan fingerprint density at radius 3 is 2.32 bits per heavy atom. The Morgan fingerprint density at radius 2 is 1.68 bits per heavy atom. The van der Waals surface area contributed by atoms with Crippen LogP contribution in [0.15, 0.2) is 48.5 Å². The highest BCUT2D eigenvalue weighted by atomic mass is 16.5. The van der Waals surface area contributed by atoms with E-state index in [9.17, 15) is 5.11 Å². The van der Waals surface area contributed by atoms with Gasteiger partial charge in [0.1, 0.15) is 11.5 Å². The van der Waals surface area contributed by atoms with E-state index >= 15 is 0 Å². The molecule has 2 aromatic rings. The van der Waals surface area contributed by atoms with Crippen LogP contribution in [0.2, 0.25) is 0 Å². The summed E-state index contributed by atoms with van der Waals surface area (Å²) >= 11 is 0. The van der Waals surface area contributed by atoms with Gasteiger partial charge in [0.05, 0.1) is 20.3 Å². The number of aliphatic hydroxyl groups is 1. The van der Waals surface area contributed by atoms with Gasteiger partial charge in [-0.25, -0.2) is 0 Å². The van der Waals surface area contributed by atoms with Crippen LogP contribution in [0.1, 0.15) is 30.2 Å². The lowest BCUT2D eigenvalue weighted by Gasteiger charge is -2.19. The summed E-state index contributed by atoms with van der Waals surface area (Å²) in [5.74, 6) is 1.63. The molecule has 22 heavy (non-hydrogen) atoms.